The maximum atomic E-state index is 11.7. The predicted molar refractivity (Wildman–Crippen MR) is 67.0 cm³/mol. The first-order valence-electron chi connectivity index (χ1n) is 4.78. The van der Waals surface area contributed by atoms with Crippen molar-refractivity contribution in [2.45, 2.75) is 0 Å². The maximum Gasteiger partial charge on any atom is 0.273 e. The number of amides is 1. The van der Waals surface area contributed by atoms with E-state index in [2.05, 4.69) is 31.2 Å². The molecule has 2 aromatic heterocycles. The molecule has 2 heterocycles. The molecule has 0 bridgehead atoms. The first-order valence-corrected chi connectivity index (χ1v) is 5.58. The Bertz CT molecular complexity index is 609. The van der Waals surface area contributed by atoms with E-state index in [-0.39, 0.29) is 11.3 Å². The van der Waals surface area contributed by atoms with E-state index < -0.39 is 5.91 Å². The van der Waals surface area contributed by atoms with Gasteiger partial charge in [0.1, 0.15) is 16.1 Å². The molecule has 86 valence electrons. The molecule has 0 aliphatic carbocycles. The van der Waals surface area contributed by atoms with Crippen molar-refractivity contribution in [2.75, 3.05) is 5.32 Å². The molecular weight excluding hydrogens is 286 g/mol. The highest BCUT2D eigenvalue weighted by atomic mass is 79.9. The quantitative estimate of drug-likeness (QED) is 0.829. The number of aromatic nitrogens is 2. The van der Waals surface area contributed by atoms with Crippen molar-refractivity contribution in [3.05, 3.63) is 57.0 Å². The molecule has 0 saturated carbocycles. The third-order valence-corrected chi connectivity index (χ3v) is 2.41. The minimum absolute atomic E-state index is 0.194. The van der Waals surface area contributed by atoms with Gasteiger partial charge in [-0.25, -0.2) is 4.98 Å². The summed E-state index contributed by atoms with van der Waals surface area (Å²) < 4.78 is 0.622. The minimum atomic E-state index is -0.409. The van der Waals surface area contributed by atoms with Crippen molar-refractivity contribution in [1.82, 2.24) is 9.97 Å². The Kier molecular flexibility index (Phi) is 3.34. The minimum Gasteiger partial charge on any atom is -0.318 e. The van der Waals surface area contributed by atoms with Gasteiger partial charge in [0.25, 0.3) is 5.91 Å². The number of nitrogens with one attached hydrogen (secondary N) is 2. The Morgan fingerprint density at radius 3 is 2.71 bits per heavy atom. The number of aromatic amines is 1. The summed E-state index contributed by atoms with van der Waals surface area (Å²) in [5, 5.41) is 2.58. The molecule has 17 heavy (non-hydrogen) atoms. The fourth-order valence-electron chi connectivity index (χ4n) is 1.24. The molecule has 0 aromatic carbocycles. The van der Waals surface area contributed by atoms with Gasteiger partial charge in [-0.05, 0) is 34.1 Å². The standard InChI is InChI=1S/C11H8BrN3O2/c12-8-4-2-5-9(14-8)15-11(17)7-3-1-6-10(16)13-7/h1-6H,(H,13,16)(H,14,15,17). The van der Waals surface area contributed by atoms with E-state index in [9.17, 15) is 9.59 Å². The van der Waals surface area contributed by atoms with Gasteiger partial charge in [-0.2, -0.15) is 0 Å². The molecule has 0 fully saturated rings. The number of halogens is 1. The van der Waals surface area contributed by atoms with E-state index in [1.165, 1.54) is 18.2 Å². The third-order valence-electron chi connectivity index (χ3n) is 1.97. The average Bonchev–Trinajstić information content (AvgIpc) is 2.29. The summed E-state index contributed by atoms with van der Waals surface area (Å²) in [4.78, 5) is 29.3. The predicted octanol–water partition coefficient (Wildman–Crippen LogP) is 1.78. The van der Waals surface area contributed by atoms with E-state index in [1.54, 1.807) is 18.2 Å². The van der Waals surface area contributed by atoms with Gasteiger partial charge in [-0.1, -0.05) is 12.1 Å². The van der Waals surface area contributed by atoms with E-state index >= 15 is 0 Å². The number of anilines is 1. The second kappa shape index (κ2) is 4.92. The normalized spacial score (nSPS) is 9.94. The summed E-state index contributed by atoms with van der Waals surface area (Å²) in [7, 11) is 0. The van der Waals surface area contributed by atoms with Gasteiger partial charge in [-0.15, -0.1) is 0 Å². The molecule has 0 saturated heterocycles. The summed E-state index contributed by atoms with van der Waals surface area (Å²) in [6.07, 6.45) is 0. The number of hydrogen-bond donors (Lipinski definition) is 2. The van der Waals surface area contributed by atoms with E-state index in [1.807, 2.05) is 0 Å². The van der Waals surface area contributed by atoms with Gasteiger partial charge < -0.3 is 10.3 Å². The molecule has 0 aliphatic heterocycles. The topological polar surface area (TPSA) is 74.8 Å². The van der Waals surface area contributed by atoms with E-state index in [4.69, 9.17) is 0 Å². The van der Waals surface area contributed by atoms with Crippen LogP contribution in [0.2, 0.25) is 0 Å². The van der Waals surface area contributed by atoms with Crippen molar-refractivity contribution in [3.63, 3.8) is 0 Å². The van der Waals surface area contributed by atoms with Crippen molar-refractivity contribution in [2.24, 2.45) is 0 Å². The number of carbonyl (C=O) groups excluding carboxylic acids is 1. The molecule has 0 atom stereocenters. The summed E-state index contributed by atoms with van der Waals surface area (Å²) in [6, 6.07) is 9.54. The van der Waals surface area contributed by atoms with Crippen LogP contribution in [0.1, 0.15) is 10.5 Å². The van der Waals surface area contributed by atoms with E-state index in [0.29, 0.717) is 10.4 Å². The molecule has 0 radical (unpaired) electrons. The number of H-pyrrole nitrogens is 1. The van der Waals surface area contributed by atoms with Crippen LogP contribution in [0.5, 0.6) is 0 Å². The fourth-order valence-corrected chi connectivity index (χ4v) is 1.59. The summed E-state index contributed by atoms with van der Waals surface area (Å²) >= 11 is 3.20. The highest BCUT2D eigenvalue weighted by Gasteiger charge is 2.07. The van der Waals surface area contributed by atoms with Crippen LogP contribution in [0, 0.1) is 0 Å². The summed E-state index contributed by atoms with van der Waals surface area (Å²) in [6.45, 7) is 0. The Morgan fingerprint density at radius 1 is 1.24 bits per heavy atom. The first-order chi connectivity index (χ1) is 8.15. The van der Waals surface area contributed by atoms with Crippen LogP contribution in [0.3, 0.4) is 0 Å². The molecule has 5 nitrogen and oxygen atoms in total. The zero-order valence-corrected chi connectivity index (χ0v) is 10.2. The number of hydrogen-bond acceptors (Lipinski definition) is 3. The van der Waals surface area contributed by atoms with Crippen molar-refractivity contribution >= 4 is 27.7 Å². The molecular formula is C11H8BrN3O2. The smallest absolute Gasteiger partial charge is 0.273 e. The van der Waals surface area contributed by atoms with Crippen LogP contribution >= 0.6 is 15.9 Å². The van der Waals surface area contributed by atoms with Crippen LogP contribution < -0.4 is 10.9 Å². The molecule has 2 rings (SSSR count). The van der Waals surface area contributed by atoms with Crippen molar-refractivity contribution in [1.29, 1.82) is 0 Å². The number of carbonyl (C=O) groups is 1. The van der Waals surface area contributed by atoms with Crippen LogP contribution in [-0.2, 0) is 0 Å². The highest BCUT2D eigenvalue weighted by molar-refractivity contribution is 9.10. The molecule has 1 amide bonds. The van der Waals surface area contributed by atoms with Gasteiger partial charge in [0.15, 0.2) is 0 Å². The Balaban J connectivity index is 2.20. The molecule has 2 N–H and O–H groups in total. The second-order valence-electron chi connectivity index (χ2n) is 3.23. The van der Waals surface area contributed by atoms with Gasteiger partial charge >= 0.3 is 0 Å². The van der Waals surface area contributed by atoms with Crippen LogP contribution in [0.4, 0.5) is 5.82 Å². The third kappa shape index (κ3) is 3.01. The number of nitrogens with zero attached hydrogens (tertiary/aromatic N) is 1. The van der Waals surface area contributed by atoms with Gasteiger partial charge in [-0.3, -0.25) is 9.59 Å². The second-order valence-corrected chi connectivity index (χ2v) is 4.04. The zero-order valence-electron chi connectivity index (χ0n) is 8.61. The Hall–Kier alpha value is -1.95. The van der Waals surface area contributed by atoms with Gasteiger partial charge in [0.2, 0.25) is 5.56 Å². The molecule has 0 spiro atoms. The molecule has 0 aliphatic rings. The van der Waals surface area contributed by atoms with Crippen molar-refractivity contribution in [3.8, 4) is 0 Å². The largest absolute Gasteiger partial charge is 0.318 e. The Morgan fingerprint density at radius 2 is 2.00 bits per heavy atom. The number of rotatable bonds is 2. The summed E-state index contributed by atoms with van der Waals surface area (Å²) in [5.74, 6) is 0.00220. The van der Waals surface area contributed by atoms with Crippen LogP contribution in [0.15, 0.2) is 45.8 Å². The first kappa shape index (κ1) is 11.5. The molecule has 6 heteroatoms. The van der Waals surface area contributed by atoms with Crippen molar-refractivity contribution < 1.29 is 4.79 Å². The average molecular weight is 294 g/mol. The van der Waals surface area contributed by atoms with Gasteiger partial charge in [0, 0.05) is 6.07 Å². The fraction of sp³-hybridized carbons (Fsp3) is 0. The van der Waals surface area contributed by atoms with Gasteiger partial charge in [0.05, 0.1) is 0 Å². The lowest BCUT2D eigenvalue weighted by molar-refractivity contribution is 0.102. The molecule has 2 aromatic rings. The molecule has 0 unspecified atom stereocenters. The number of pyridine rings is 2. The lowest BCUT2D eigenvalue weighted by Gasteiger charge is -2.03. The van der Waals surface area contributed by atoms with Crippen LogP contribution in [0.25, 0.3) is 0 Å². The maximum absolute atomic E-state index is 11.7. The van der Waals surface area contributed by atoms with E-state index in [0.717, 1.165) is 0 Å². The SMILES string of the molecule is O=C(Nc1cccc(Br)n1)c1cccc(=O)[nH]1. The zero-order chi connectivity index (χ0) is 12.3. The summed E-state index contributed by atoms with van der Waals surface area (Å²) in [5.41, 5.74) is -0.126. The Labute approximate surface area is 105 Å². The van der Waals surface area contributed by atoms with Crippen LogP contribution in [-0.4, -0.2) is 15.9 Å². The highest BCUT2D eigenvalue weighted by Crippen LogP contribution is 2.10. The lowest BCUT2D eigenvalue weighted by atomic mass is 10.3. The lowest BCUT2D eigenvalue weighted by Crippen LogP contribution is -2.18. The monoisotopic (exact) mass is 293 g/mol.